The SMILES string of the molecule is C[C@H]1CCC[C@@H](NC(=O)c2ccc3c(=O)n(C)c(=S)[nH]c3c2)C1. The smallest absolute Gasteiger partial charge is 0.261 e. The number of aromatic nitrogens is 2. The van der Waals surface area contributed by atoms with E-state index in [0.29, 0.717) is 27.2 Å². The van der Waals surface area contributed by atoms with E-state index in [4.69, 9.17) is 12.2 Å². The van der Waals surface area contributed by atoms with E-state index in [9.17, 15) is 9.59 Å². The monoisotopic (exact) mass is 331 g/mol. The van der Waals surface area contributed by atoms with Crippen molar-refractivity contribution in [1.82, 2.24) is 14.9 Å². The van der Waals surface area contributed by atoms with Crippen LogP contribution in [0.5, 0.6) is 0 Å². The Morgan fingerprint density at radius 2 is 2.17 bits per heavy atom. The average molecular weight is 331 g/mol. The van der Waals surface area contributed by atoms with Crippen LogP contribution in [0.1, 0.15) is 43.0 Å². The Kier molecular flexibility index (Phi) is 4.35. The molecule has 1 fully saturated rings. The standard InChI is InChI=1S/C17H21N3O2S/c1-10-4-3-5-12(8-10)18-15(21)11-6-7-13-14(9-11)19-17(23)20(2)16(13)22/h6-7,9-10,12H,3-5,8H2,1-2H3,(H,18,21)(H,19,23)/t10-,12+/m0/s1. The average Bonchev–Trinajstić information content (AvgIpc) is 2.52. The molecule has 2 aromatic rings. The van der Waals surface area contributed by atoms with E-state index in [1.165, 1.54) is 11.0 Å². The van der Waals surface area contributed by atoms with Gasteiger partial charge >= 0.3 is 0 Å². The minimum atomic E-state index is -0.156. The zero-order chi connectivity index (χ0) is 16.6. The molecule has 1 amide bonds. The van der Waals surface area contributed by atoms with Crippen molar-refractivity contribution >= 4 is 29.0 Å². The van der Waals surface area contributed by atoms with Crippen molar-refractivity contribution in [2.45, 2.75) is 38.6 Å². The lowest BCUT2D eigenvalue weighted by atomic mass is 9.87. The van der Waals surface area contributed by atoms with Gasteiger partial charge in [-0.1, -0.05) is 19.8 Å². The fourth-order valence-corrected chi connectivity index (χ4v) is 3.47. The maximum Gasteiger partial charge on any atom is 0.261 e. The highest BCUT2D eigenvalue weighted by atomic mass is 32.1. The Balaban J connectivity index is 1.88. The van der Waals surface area contributed by atoms with E-state index in [1.807, 2.05) is 0 Å². The number of H-pyrrole nitrogens is 1. The molecule has 0 aliphatic heterocycles. The predicted octanol–water partition coefficient (Wildman–Crippen LogP) is 2.90. The fourth-order valence-electron chi connectivity index (χ4n) is 3.28. The van der Waals surface area contributed by atoms with Gasteiger partial charge in [0.2, 0.25) is 0 Å². The van der Waals surface area contributed by atoms with Crippen molar-refractivity contribution in [3.05, 3.63) is 38.9 Å². The Bertz CT molecular complexity index is 868. The lowest BCUT2D eigenvalue weighted by Gasteiger charge is -2.27. The number of amides is 1. The molecule has 0 radical (unpaired) electrons. The number of nitrogens with zero attached hydrogens (tertiary/aromatic N) is 1. The fraction of sp³-hybridized carbons (Fsp3) is 0.471. The second-order valence-corrected chi connectivity index (χ2v) is 6.88. The highest BCUT2D eigenvalue weighted by molar-refractivity contribution is 7.71. The Labute approximate surface area is 139 Å². The topological polar surface area (TPSA) is 66.9 Å². The van der Waals surface area contributed by atoms with Gasteiger partial charge in [-0.25, -0.2) is 0 Å². The summed E-state index contributed by atoms with van der Waals surface area (Å²) >= 11 is 5.13. The van der Waals surface area contributed by atoms with Crippen molar-refractivity contribution in [2.24, 2.45) is 13.0 Å². The minimum Gasteiger partial charge on any atom is -0.349 e. The van der Waals surface area contributed by atoms with Crippen LogP contribution < -0.4 is 10.9 Å². The van der Waals surface area contributed by atoms with Crippen molar-refractivity contribution in [1.29, 1.82) is 0 Å². The number of benzene rings is 1. The van der Waals surface area contributed by atoms with Crippen LogP contribution >= 0.6 is 12.2 Å². The third-order valence-corrected chi connectivity index (χ3v) is 5.01. The summed E-state index contributed by atoms with van der Waals surface area (Å²) in [5.74, 6) is 0.566. The van der Waals surface area contributed by atoms with Crippen LogP contribution in [-0.4, -0.2) is 21.5 Å². The summed E-state index contributed by atoms with van der Waals surface area (Å²) in [6.07, 6.45) is 4.46. The van der Waals surface area contributed by atoms with E-state index in [1.54, 1.807) is 25.2 Å². The molecule has 3 rings (SSSR count). The van der Waals surface area contributed by atoms with Gasteiger partial charge < -0.3 is 10.3 Å². The first-order valence-electron chi connectivity index (χ1n) is 7.99. The van der Waals surface area contributed by atoms with Crippen LogP contribution in [0.2, 0.25) is 0 Å². The molecule has 1 aliphatic carbocycles. The van der Waals surface area contributed by atoms with Gasteiger partial charge in [-0.15, -0.1) is 0 Å². The summed E-state index contributed by atoms with van der Waals surface area (Å²) in [5, 5.41) is 3.64. The van der Waals surface area contributed by atoms with Crippen LogP contribution in [0.15, 0.2) is 23.0 Å². The minimum absolute atomic E-state index is 0.0917. The highest BCUT2D eigenvalue weighted by Crippen LogP contribution is 2.23. The Hall–Kier alpha value is -1.95. The number of hydrogen-bond acceptors (Lipinski definition) is 3. The van der Waals surface area contributed by atoms with E-state index < -0.39 is 0 Å². The Morgan fingerprint density at radius 3 is 2.91 bits per heavy atom. The molecule has 1 heterocycles. The van der Waals surface area contributed by atoms with E-state index in [-0.39, 0.29) is 17.5 Å². The van der Waals surface area contributed by atoms with Crippen molar-refractivity contribution in [3.63, 3.8) is 0 Å². The lowest BCUT2D eigenvalue weighted by Crippen LogP contribution is -2.38. The molecule has 122 valence electrons. The molecular weight excluding hydrogens is 310 g/mol. The second-order valence-electron chi connectivity index (χ2n) is 6.50. The summed E-state index contributed by atoms with van der Waals surface area (Å²) < 4.78 is 1.74. The van der Waals surface area contributed by atoms with Gasteiger partial charge in [-0.05, 0) is 49.2 Å². The molecule has 1 aromatic carbocycles. The van der Waals surface area contributed by atoms with Gasteiger partial charge in [-0.3, -0.25) is 14.2 Å². The molecule has 5 nitrogen and oxygen atoms in total. The maximum atomic E-state index is 12.5. The van der Waals surface area contributed by atoms with E-state index in [2.05, 4.69) is 17.2 Å². The van der Waals surface area contributed by atoms with Crippen LogP contribution in [0.3, 0.4) is 0 Å². The number of hydrogen-bond donors (Lipinski definition) is 2. The van der Waals surface area contributed by atoms with Crippen LogP contribution in [0, 0.1) is 10.7 Å². The van der Waals surface area contributed by atoms with E-state index in [0.717, 1.165) is 19.3 Å². The number of nitrogens with one attached hydrogen (secondary N) is 2. The number of rotatable bonds is 2. The molecule has 2 N–H and O–H groups in total. The molecule has 1 aliphatic rings. The van der Waals surface area contributed by atoms with Crippen LogP contribution in [0.4, 0.5) is 0 Å². The zero-order valence-electron chi connectivity index (χ0n) is 13.4. The lowest BCUT2D eigenvalue weighted by molar-refractivity contribution is 0.0921. The summed E-state index contributed by atoms with van der Waals surface area (Å²) in [7, 11) is 1.63. The first-order chi connectivity index (χ1) is 11.0. The van der Waals surface area contributed by atoms with Gasteiger partial charge in [-0.2, -0.15) is 0 Å². The molecule has 0 spiro atoms. The predicted molar refractivity (Wildman–Crippen MR) is 93.3 cm³/mol. The van der Waals surface area contributed by atoms with Crippen LogP contribution in [0.25, 0.3) is 10.9 Å². The first-order valence-corrected chi connectivity index (χ1v) is 8.40. The summed E-state index contributed by atoms with van der Waals surface area (Å²) in [6.45, 7) is 2.23. The number of fused-ring (bicyclic) bond motifs is 1. The third-order valence-electron chi connectivity index (χ3n) is 4.63. The molecule has 2 atom stereocenters. The molecular formula is C17H21N3O2S. The van der Waals surface area contributed by atoms with Gasteiger partial charge in [0.1, 0.15) is 0 Å². The summed E-state index contributed by atoms with van der Waals surface area (Å²) in [6, 6.07) is 5.32. The van der Waals surface area contributed by atoms with Crippen LogP contribution in [-0.2, 0) is 7.05 Å². The highest BCUT2D eigenvalue weighted by Gasteiger charge is 2.21. The molecule has 0 saturated heterocycles. The molecule has 0 unspecified atom stereocenters. The Morgan fingerprint density at radius 1 is 1.39 bits per heavy atom. The van der Waals surface area contributed by atoms with E-state index >= 15 is 0 Å². The normalized spacial score (nSPS) is 21.3. The second kappa shape index (κ2) is 6.28. The summed E-state index contributed by atoms with van der Waals surface area (Å²) in [5.41, 5.74) is 0.995. The zero-order valence-corrected chi connectivity index (χ0v) is 14.2. The molecule has 23 heavy (non-hydrogen) atoms. The molecule has 1 saturated carbocycles. The van der Waals surface area contributed by atoms with Crippen molar-refractivity contribution in [2.75, 3.05) is 0 Å². The quantitative estimate of drug-likeness (QED) is 0.832. The molecule has 0 bridgehead atoms. The van der Waals surface area contributed by atoms with Gasteiger partial charge in [0.05, 0.1) is 10.9 Å². The van der Waals surface area contributed by atoms with Gasteiger partial charge in [0.15, 0.2) is 4.77 Å². The van der Waals surface area contributed by atoms with Crippen molar-refractivity contribution < 1.29 is 4.79 Å². The van der Waals surface area contributed by atoms with Gasteiger partial charge in [0, 0.05) is 18.7 Å². The molecule has 6 heteroatoms. The maximum absolute atomic E-state index is 12.5. The summed E-state index contributed by atoms with van der Waals surface area (Å²) in [4.78, 5) is 27.6. The number of carbonyl (C=O) groups is 1. The number of aromatic amines is 1. The number of carbonyl (C=O) groups excluding carboxylic acids is 1. The van der Waals surface area contributed by atoms with Gasteiger partial charge in [0.25, 0.3) is 11.5 Å². The first kappa shape index (κ1) is 15.9. The largest absolute Gasteiger partial charge is 0.349 e. The molecule has 1 aromatic heterocycles. The van der Waals surface area contributed by atoms with Crippen molar-refractivity contribution in [3.8, 4) is 0 Å². The third kappa shape index (κ3) is 3.22.